The third-order valence-electron chi connectivity index (χ3n) is 4.23. The highest BCUT2D eigenvalue weighted by atomic mass is 16.5. The molecule has 0 aliphatic carbocycles. The summed E-state index contributed by atoms with van der Waals surface area (Å²) in [4.78, 5) is 34.1. The van der Waals surface area contributed by atoms with Crippen molar-refractivity contribution in [3.8, 4) is 0 Å². The molecule has 0 heterocycles. The van der Waals surface area contributed by atoms with Gasteiger partial charge in [0, 0.05) is 12.8 Å². The van der Waals surface area contributed by atoms with E-state index in [1.54, 1.807) is 0 Å². The molecule has 6 nitrogen and oxygen atoms in total. The topological polar surface area (TPSA) is 92.7 Å². The Hall–Kier alpha value is -1.59. The summed E-state index contributed by atoms with van der Waals surface area (Å²) in [5.74, 6) is -1.82. The third-order valence-corrected chi connectivity index (χ3v) is 4.23. The lowest BCUT2D eigenvalue weighted by atomic mass is 10.1. The van der Waals surface area contributed by atoms with Gasteiger partial charge in [0.15, 0.2) is 0 Å². The van der Waals surface area contributed by atoms with Crippen molar-refractivity contribution in [3.63, 3.8) is 0 Å². The van der Waals surface area contributed by atoms with Crippen molar-refractivity contribution in [1.29, 1.82) is 0 Å². The summed E-state index contributed by atoms with van der Waals surface area (Å²) < 4.78 is 4.60. The predicted octanol–water partition coefficient (Wildman–Crippen LogP) is 3.82. The van der Waals surface area contributed by atoms with Gasteiger partial charge < -0.3 is 15.2 Å². The summed E-state index contributed by atoms with van der Waals surface area (Å²) in [6.45, 7) is 2.22. The number of rotatable bonds is 16. The van der Waals surface area contributed by atoms with Crippen LogP contribution in [-0.2, 0) is 19.1 Å². The fraction of sp³-hybridized carbons (Fsp3) is 0.842. The molecule has 0 saturated carbocycles. The molecule has 2 N–H and O–H groups in total. The Morgan fingerprint density at radius 2 is 1.40 bits per heavy atom. The number of nitrogens with one attached hydrogen (secondary N) is 1. The summed E-state index contributed by atoms with van der Waals surface area (Å²) >= 11 is 0. The van der Waals surface area contributed by atoms with Gasteiger partial charge in [0.2, 0.25) is 5.91 Å². The van der Waals surface area contributed by atoms with E-state index in [4.69, 9.17) is 5.11 Å². The van der Waals surface area contributed by atoms with Crippen molar-refractivity contribution in [3.05, 3.63) is 0 Å². The number of hydrogen-bond acceptors (Lipinski definition) is 4. The van der Waals surface area contributed by atoms with Gasteiger partial charge in [0.25, 0.3) is 0 Å². The van der Waals surface area contributed by atoms with Crippen LogP contribution in [0.2, 0.25) is 0 Å². The Labute approximate surface area is 151 Å². The predicted molar refractivity (Wildman–Crippen MR) is 97.3 cm³/mol. The van der Waals surface area contributed by atoms with Crippen molar-refractivity contribution in [2.45, 2.75) is 96.4 Å². The molecule has 0 aromatic rings. The second-order valence-electron chi connectivity index (χ2n) is 6.51. The third kappa shape index (κ3) is 14.5. The number of carbonyl (C=O) groups is 3. The molecule has 0 spiro atoms. The molecule has 6 heteroatoms. The zero-order chi connectivity index (χ0) is 18.9. The minimum atomic E-state index is -1.00. The highest BCUT2D eigenvalue weighted by molar-refractivity contribution is 5.84. The Kier molecular flexibility index (Phi) is 14.9. The Bertz CT molecular complexity index is 384. The number of amides is 1. The fourth-order valence-corrected chi connectivity index (χ4v) is 2.70. The first kappa shape index (κ1) is 23.4. The molecule has 0 aromatic heterocycles. The summed E-state index contributed by atoms with van der Waals surface area (Å²) in [5, 5.41) is 11.3. The molecule has 0 bridgehead atoms. The van der Waals surface area contributed by atoms with Crippen molar-refractivity contribution >= 4 is 17.8 Å². The molecule has 0 aliphatic rings. The van der Waals surface area contributed by atoms with E-state index in [1.165, 1.54) is 52.1 Å². The van der Waals surface area contributed by atoms with Crippen LogP contribution in [0.15, 0.2) is 0 Å². The number of unbranched alkanes of at least 4 members (excludes halogenated alkanes) is 9. The van der Waals surface area contributed by atoms with Crippen LogP contribution in [0.1, 0.15) is 90.4 Å². The van der Waals surface area contributed by atoms with Gasteiger partial charge in [-0.15, -0.1) is 0 Å². The number of carboxylic acids is 1. The standard InChI is InChI=1S/C19H35NO5/c1-3-4-5-6-7-8-9-10-11-12-13-17(21)20-16(19(24)25-2)14-15-18(22)23/h16H,3-15H2,1-2H3,(H,20,21)(H,22,23). The van der Waals surface area contributed by atoms with Crippen LogP contribution in [0.25, 0.3) is 0 Å². The quantitative estimate of drug-likeness (QED) is 0.323. The first-order valence-corrected chi connectivity index (χ1v) is 9.60. The van der Waals surface area contributed by atoms with Gasteiger partial charge in [-0.3, -0.25) is 9.59 Å². The van der Waals surface area contributed by atoms with Crippen molar-refractivity contribution in [2.24, 2.45) is 0 Å². The molecule has 1 atom stereocenters. The minimum Gasteiger partial charge on any atom is -0.481 e. The van der Waals surface area contributed by atoms with E-state index >= 15 is 0 Å². The monoisotopic (exact) mass is 357 g/mol. The number of aliphatic carboxylic acids is 1. The maximum atomic E-state index is 11.9. The van der Waals surface area contributed by atoms with Crippen molar-refractivity contribution in [2.75, 3.05) is 7.11 Å². The molecule has 25 heavy (non-hydrogen) atoms. The SMILES string of the molecule is CCCCCCCCCCCCC(=O)NC(CCC(=O)O)C(=O)OC. The number of methoxy groups -OCH3 is 1. The zero-order valence-electron chi connectivity index (χ0n) is 15.8. The van der Waals surface area contributed by atoms with Gasteiger partial charge >= 0.3 is 11.9 Å². The van der Waals surface area contributed by atoms with Gasteiger partial charge in [-0.1, -0.05) is 64.7 Å². The van der Waals surface area contributed by atoms with E-state index in [0.717, 1.165) is 19.3 Å². The maximum Gasteiger partial charge on any atom is 0.328 e. The van der Waals surface area contributed by atoms with E-state index in [2.05, 4.69) is 17.0 Å². The number of carboxylic acid groups (broad SMARTS) is 1. The number of esters is 1. The Balaban J connectivity index is 3.75. The van der Waals surface area contributed by atoms with Crippen LogP contribution < -0.4 is 5.32 Å². The second-order valence-corrected chi connectivity index (χ2v) is 6.51. The number of hydrogen-bond donors (Lipinski definition) is 2. The van der Waals surface area contributed by atoms with E-state index in [-0.39, 0.29) is 18.7 Å². The normalized spacial score (nSPS) is 11.8. The summed E-state index contributed by atoms with van der Waals surface area (Å²) in [5.41, 5.74) is 0. The molecule has 0 aliphatic heterocycles. The molecule has 0 aromatic carbocycles. The molecule has 0 saturated heterocycles. The molecule has 146 valence electrons. The van der Waals surface area contributed by atoms with Crippen LogP contribution in [0.4, 0.5) is 0 Å². The van der Waals surface area contributed by atoms with Gasteiger partial charge in [-0.25, -0.2) is 4.79 Å². The molecular weight excluding hydrogens is 322 g/mol. The summed E-state index contributed by atoms with van der Waals surface area (Å²) in [6, 6.07) is -0.878. The lowest BCUT2D eigenvalue weighted by Crippen LogP contribution is -2.41. The van der Waals surface area contributed by atoms with Gasteiger partial charge in [0.05, 0.1) is 7.11 Å². The van der Waals surface area contributed by atoms with Crippen molar-refractivity contribution < 1.29 is 24.2 Å². The van der Waals surface area contributed by atoms with Gasteiger partial charge in [-0.05, 0) is 12.8 Å². The number of carbonyl (C=O) groups excluding carboxylic acids is 2. The zero-order valence-corrected chi connectivity index (χ0v) is 15.8. The Morgan fingerprint density at radius 3 is 1.88 bits per heavy atom. The molecule has 1 unspecified atom stereocenters. The first-order valence-electron chi connectivity index (χ1n) is 9.60. The average Bonchev–Trinajstić information content (AvgIpc) is 2.59. The van der Waals surface area contributed by atoms with E-state index in [0.29, 0.717) is 6.42 Å². The largest absolute Gasteiger partial charge is 0.481 e. The first-order chi connectivity index (χ1) is 12.0. The highest BCUT2D eigenvalue weighted by Gasteiger charge is 2.22. The average molecular weight is 357 g/mol. The molecule has 0 radical (unpaired) electrons. The van der Waals surface area contributed by atoms with E-state index in [9.17, 15) is 14.4 Å². The van der Waals surface area contributed by atoms with Gasteiger partial charge in [0.1, 0.15) is 6.04 Å². The van der Waals surface area contributed by atoms with E-state index < -0.39 is 18.0 Å². The highest BCUT2D eigenvalue weighted by Crippen LogP contribution is 2.11. The lowest BCUT2D eigenvalue weighted by Gasteiger charge is -2.15. The smallest absolute Gasteiger partial charge is 0.328 e. The summed E-state index contributed by atoms with van der Waals surface area (Å²) in [6.07, 6.45) is 12.2. The second kappa shape index (κ2) is 15.9. The fourth-order valence-electron chi connectivity index (χ4n) is 2.70. The molecular formula is C19H35NO5. The van der Waals surface area contributed by atoms with Gasteiger partial charge in [-0.2, -0.15) is 0 Å². The van der Waals surface area contributed by atoms with Crippen molar-refractivity contribution in [1.82, 2.24) is 5.32 Å². The summed E-state index contributed by atoms with van der Waals surface area (Å²) in [7, 11) is 1.23. The van der Waals surface area contributed by atoms with Crippen LogP contribution in [-0.4, -0.2) is 36.1 Å². The maximum absolute atomic E-state index is 11.9. The van der Waals surface area contributed by atoms with Crippen LogP contribution in [0, 0.1) is 0 Å². The van der Waals surface area contributed by atoms with Crippen LogP contribution in [0.5, 0.6) is 0 Å². The van der Waals surface area contributed by atoms with Crippen LogP contribution in [0.3, 0.4) is 0 Å². The lowest BCUT2D eigenvalue weighted by molar-refractivity contribution is -0.146. The molecule has 0 fully saturated rings. The minimum absolute atomic E-state index is 0.0474. The molecule has 1 amide bonds. The number of ether oxygens (including phenoxy) is 1. The van der Waals surface area contributed by atoms with E-state index in [1.807, 2.05) is 0 Å². The van der Waals surface area contributed by atoms with Crippen LogP contribution >= 0.6 is 0 Å². The Morgan fingerprint density at radius 1 is 0.880 bits per heavy atom. The molecule has 0 rings (SSSR count).